The molecule has 3 rings (SSSR count). The minimum absolute atomic E-state index is 0.0573. The number of nitrogens with two attached hydrogens (primary N) is 2. The summed E-state index contributed by atoms with van der Waals surface area (Å²) >= 11 is 0. The summed E-state index contributed by atoms with van der Waals surface area (Å²) in [7, 11) is 0. The quantitative estimate of drug-likeness (QED) is 0.0436. The first-order valence-corrected chi connectivity index (χ1v) is 14.1. The van der Waals surface area contributed by atoms with Gasteiger partial charge in [0.1, 0.15) is 18.1 Å². The van der Waals surface area contributed by atoms with E-state index in [4.69, 9.17) is 11.5 Å². The highest BCUT2D eigenvalue weighted by atomic mass is 16.4. The number of carboxylic acids is 1. The van der Waals surface area contributed by atoms with Crippen molar-refractivity contribution in [3.05, 3.63) is 0 Å². The molecule has 0 aromatic carbocycles. The molecule has 2 bridgehead atoms. The van der Waals surface area contributed by atoms with Gasteiger partial charge in [-0.25, -0.2) is 0 Å². The number of hydrogen-bond donors (Lipinski definition) is 10. The van der Waals surface area contributed by atoms with Crippen LogP contribution in [0.15, 0.2) is 4.99 Å². The van der Waals surface area contributed by atoms with E-state index >= 15 is 0 Å². The number of carbonyl (C=O) groups is 8. The zero-order valence-electron chi connectivity index (χ0n) is 24.1. The van der Waals surface area contributed by atoms with Gasteiger partial charge in [-0.2, -0.15) is 0 Å². The molecule has 44 heavy (non-hydrogen) atoms. The SMILES string of the molecule is NC(N)=NCCC[C@@H]1NCC(=O)NC(=O)CC[C@@H]2NC(=O)[C@H](CCCCNC(=O)[C@H](CC(=O)O)NC(=O)CNC1=O)NC2=O. The number of aliphatic imine (C=N–C) groups is 1. The van der Waals surface area contributed by atoms with E-state index in [2.05, 4.69) is 42.2 Å². The summed E-state index contributed by atoms with van der Waals surface area (Å²) in [6.07, 6.45) is 0.449. The first kappa shape index (κ1) is 35.4. The Balaban J connectivity index is 2.14. The van der Waals surface area contributed by atoms with Crippen LogP contribution >= 0.6 is 0 Å². The summed E-state index contributed by atoms with van der Waals surface area (Å²) in [6.45, 7) is -0.804. The number of nitrogens with zero attached hydrogens (tertiary/aromatic N) is 1. The number of aliphatic carboxylic acids is 1. The first-order valence-electron chi connectivity index (χ1n) is 14.1. The molecule has 3 saturated heterocycles. The molecule has 7 amide bonds. The maximum absolute atomic E-state index is 12.8. The Morgan fingerprint density at radius 1 is 0.773 bits per heavy atom. The molecule has 0 aliphatic carbocycles. The third kappa shape index (κ3) is 13.0. The summed E-state index contributed by atoms with van der Waals surface area (Å²) in [5, 5.41) is 26.4. The van der Waals surface area contributed by atoms with Crippen LogP contribution in [0.1, 0.15) is 51.4 Å². The average Bonchev–Trinajstić information content (AvgIpc) is 2.94. The molecule has 0 radical (unpaired) electrons. The normalized spacial score (nSPS) is 25.2. The second-order valence-corrected chi connectivity index (χ2v) is 10.2. The Bertz CT molecular complexity index is 1140. The number of hydrogen-bond acceptors (Lipinski definition) is 10. The highest BCUT2D eigenvalue weighted by Gasteiger charge is 2.33. The molecule has 3 fully saturated rings. The molecule has 3 heterocycles. The lowest BCUT2D eigenvalue weighted by molar-refractivity contribution is -0.141. The molecule has 0 spiro atoms. The number of fused-ring (bicyclic) bond motifs is 21. The maximum Gasteiger partial charge on any atom is 0.305 e. The first-order chi connectivity index (χ1) is 20.8. The van der Waals surface area contributed by atoms with Gasteiger partial charge in [0.05, 0.1) is 25.6 Å². The lowest BCUT2D eigenvalue weighted by Gasteiger charge is -2.29. The van der Waals surface area contributed by atoms with E-state index in [-0.39, 0.29) is 44.7 Å². The van der Waals surface area contributed by atoms with Gasteiger partial charge in [-0.3, -0.25) is 54.0 Å². The molecule has 0 saturated carbocycles. The largest absolute Gasteiger partial charge is 0.481 e. The molecular formula is C25H40N10O9. The smallest absolute Gasteiger partial charge is 0.305 e. The third-order valence-electron chi connectivity index (χ3n) is 6.65. The van der Waals surface area contributed by atoms with Crippen molar-refractivity contribution >= 4 is 53.3 Å². The van der Waals surface area contributed by atoms with Crippen molar-refractivity contribution in [2.75, 3.05) is 26.2 Å². The maximum atomic E-state index is 12.8. The number of rotatable bonds is 6. The van der Waals surface area contributed by atoms with E-state index < -0.39 is 91.0 Å². The van der Waals surface area contributed by atoms with Crippen molar-refractivity contribution in [2.24, 2.45) is 16.5 Å². The van der Waals surface area contributed by atoms with E-state index in [0.29, 0.717) is 19.3 Å². The zero-order valence-corrected chi connectivity index (χ0v) is 24.1. The summed E-state index contributed by atoms with van der Waals surface area (Å²) < 4.78 is 0. The lowest BCUT2D eigenvalue weighted by Crippen LogP contribution is -2.61. The van der Waals surface area contributed by atoms with E-state index in [1.807, 2.05) is 0 Å². The van der Waals surface area contributed by atoms with Gasteiger partial charge in [0, 0.05) is 19.5 Å². The monoisotopic (exact) mass is 624 g/mol. The fourth-order valence-electron chi connectivity index (χ4n) is 4.39. The highest BCUT2D eigenvalue weighted by Crippen LogP contribution is 2.09. The molecule has 3 aliphatic heterocycles. The number of carbonyl (C=O) groups excluding carboxylic acids is 7. The van der Waals surface area contributed by atoms with E-state index in [0.717, 1.165) is 0 Å². The van der Waals surface area contributed by atoms with Crippen LogP contribution in [0.25, 0.3) is 0 Å². The average molecular weight is 625 g/mol. The van der Waals surface area contributed by atoms with Crippen LogP contribution < -0.4 is 48.7 Å². The molecule has 3 aliphatic rings. The Kier molecular flexibility index (Phi) is 14.5. The molecule has 244 valence electrons. The van der Waals surface area contributed by atoms with Crippen LogP contribution in [0.3, 0.4) is 0 Å². The van der Waals surface area contributed by atoms with Gasteiger partial charge < -0.3 is 43.2 Å². The number of nitrogens with one attached hydrogen (secondary N) is 7. The third-order valence-corrected chi connectivity index (χ3v) is 6.65. The Morgan fingerprint density at radius 2 is 1.43 bits per heavy atom. The van der Waals surface area contributed by atoms with Crippen LogP contribution in [-0.4, -0.2) is 109 Å². The van der Waals surface area contributed by atoms with Crippen molar-refractivity contribution < 1.29 is 43.5 Å². The van der Waals surface area contributed by atoms with Crippen molar-refractivity contribution in [1.29, 1.82) is 0 Å². The van der Waals surface area contributed by atoms with Crippen LogP contribution in [0, 0.1) is 0 Å². The minimum atomic E-state index is -1.43. The second-order valence-electron chi connectivity index (χ2n) is 10.2. The second kappa shape index (κ2) is 18.0. The predicted molar refractivity (Wildman–Crippen MR) is 152 cm³/mol. The summed E-state index contributed by atoms with van der Waals surface area (Å²) in [6, 6.07) is -4.25. The molecule has 0 aromatic rings. The van der Waals surface area contributed by atoms with Gasteiger partial charge in [0.25, 0.3) is 0 Å². The molecule has 19 nitrogen and oxygen atoms in total. The van der Waals surface area contributed by atoms with Crippen LogP contribution in [-0.2, 0) is 38.4 Å². The van der Waals surface area contributed by atoms with E-state index in [1.165, 1.54) is 0 Å². The summed E-state index contributed by atoms with van der Waals surface area (Å²) in [5.74, 6) is -6.19. The molecule has 4 atom stereocenters. The number of guanidine groups is 1. The Hall–Kier alpha value is -4.81. The van der Waals surface area contributed by atoms with Gasteiger partial charge in [-0.1, -0.05) is 0 Å². The number of piperazine rings is 1. The topological polar surface area (TPSA) is 305 Å². The summed E-state index contributed by atoms with van der Waals surface area (Å²) in [4.78, 5) is 103. The zero-order chi connectivity index (χ0) is 32.6. The molecule has 0 aromatic heterocycles. The lowest BCUT2D eigenvalue weighted by atomic mass is 10.0. The van der Waals surface area contributed by atoms with Gasteiger partial charge in [-0.15, -0.1) is 0 Å². The number of amides is 7. The Labute approximate surface area is 252 Å². The van der Waals surface area contributed by atoms with Gasteiger partial charge >= 0.3 is 5.97 Å². The van der Waals surface area contributed by atoms with Crippen molar-refractivity contribution in [3.63, 3.8) is 0 Å². The minimum Gasteiger partial charge on any atom is -0.481 e. The van der Waals surface area contributed by atoms with Crippen LogP contribution in [0.2, 0.25) is 0 Å². The molecule has 19 heteroatoms. The van der Waals surface area contributed by atoms with E-state index in [1.54, 1.807) is 0 Å². The predicted octanol–water partition coefficient (Wildman–Crippen LogP) is -5.22. The standard InChI is InChI=1S/C25H40N10O9/c26-25(27)29-9-3-5-13-21(41)31-12-18(37)32-16(10-20(39)40)22(42)28-8-2-1-4-14-23(43)34-15(24(44)33-14)6-7-17(36)35-19(38)11-30-13/h13-16,30H,1-12H2,(H,28,42)(H,31,41)(H,32,37)(H,33,44)(H,34,43)(H,39,40)(H4,26,27,29)(H,35,36,38)/t13-,14-,15-,16-/m0/s1. The van der Waals surface area contributed by atoms with Gasteiger partial charge in [0.15, 0.2) is 5.96 Å². The Morgan fingerprint density at radius 3 is 2.09 bits per heavy atom. The van der Waals surface area contributed by atoms with Crippen molar-refractivity contribution in [3.8, 4) is 0 Å². The molecular weight excluding hydrogens is 584 g/mol. The van der Waals surface area contributed by atoms with Crippen LogP contribution in [0.5, 0.6) is 0 Å². The van der Waals surface area contributed by atoms with Gasteiger partial charge in [0.2, 0.25) is 41.4 Å². The number of imide groups is 1. The number of carboxylic acid groups (broad SMARTS) is 1. The summed E-state index contributed by atoms with van der Waals surface area (Å²) in [5.41, 5.74) is 10.6. The molecule has 0 unspecified atom stereocenters. The van der Waals surface area contributed by atoms with Crippen molar-refractivity contribution in [2.45, 2.75) is 75.5 Å². The highest BCUT2D eigenvalue weighted by molar-refractivity contribution is 5.99. The fraction of sp³-hybridized carbons (Fsp3) is 0.640. The fourth-order valence-corrected chi connectivity index (χ4v) is 4.39. The van der Waals surface area contributed by atoms with Crippen molar-refractivity contribution in [1.82, 2.24) is 37.2 Å². The van der Waals surface area contributed by atoms with Crippen LogP contribution in [0.4, 0.5) is 0 Å². The van der Waals surface area contributed by atoms with E-state index in [9.17, 15) is 43.5 Å². The molecule has 12 N–H and O–H groups in total. The van der Waals surface area contributed by atoms with Gasteiger partial charge in [-0.05, 0) is 38.5 Å².